The second-order valence-electron chi connectivity index (χ2n) is 10.2. The smallest absolute Gasteiger partial charge is 0.386 e. The Morgan fingerprint density at radius 2 is 1.41 bits per heavy atom. The van der Waals surface area contributed by atoms with E-state index in [1.807, 2.05) is 0 Å². The fourth-order valence-electron chi connectivity index (χ4n) is 5.50. The molecule has 4 aromatic rings. The Bertz CT molecular complexity index is 1830. The van der Waals surface area contributed by atoms with Gasteiger partial charge in [-0.15, -0.1) is 0 Å². The standard InChI is InChI=1S/C22H26N8O10P2S2/c23-17-9-1-3-29(19(9)27-7-25-17)21-14(32)15-12(38-21)6-36-42(34,44)40-16-13(31)11(5-35-41(33,43)39-15)37-22(16)30-4-2-10-18(24)26-8-28-20(10)30/h1-4,7-8,11-16,21-22,31-32H,5-6H2,(H,33,43)(H,34,44)(H2,23,25,27)(H2,24,26,28)/t11-,12-,13-,14-,15-,16-,21-,22-,41?,42?/m1/s1. The van der Waals surface area contributed by atoms with Gasteiger partial charge in [-0.3, -0.25) is 13.6 Å². The predicted octanol–water partition coefficient (Wildman–Crippen LogP) is 0.629. The molecule has 0 radical (unpaired) electrons. The van der Waals surface area contributed by atoms with Crippen molar-refractivity contribution < 1.29 is 47.2 Å². The van der Waals surface area contributed by atoms with E-state index in [0.29, 0.717) is 22.1 Å². The van der Waals surface area contributed by atoms with E-state index in [9.17, 15) is 19.7 Å². The highest BCUT2D eigenvalue weighted by molar-refractivity contribution is 8.44. The van der Waals surface area contributed by atoms with Crippen LogP contribution in [0.5, 0.6) is 0 Å². The van der Waals surface area contributed by atoms with Crippen LogP contribution in [0.15, 0.2) is 37.2 Å². The van der Waals surface area contributed by atoms with Crippen molar-refractivity contribution in [3.05, 3.63) is 37.2 Å². The molecule has 18 nitrogen and oxygen atoms in total. The lowest BCUT2D eigenvalue weighted by molar-refractivity contribution is -0.0592. The molecule has 2 bridgehead atoms. The van der Waals surface area contributed by atoms with Crippen LogP contribution in [0.1, 0.15) is 12.5 Å². The van der Waals surface area contributed by atoms with Gasteiger partial charge in [0.15, 0.2) is 12.5 Å². The lowest BCUT2D eigenvalue weighted by Crippen LogP contribution is -2.36. The highest BCUT2D eigenvalue weighted by Gasteiger charge is 2.52. The van der Waals surface area contributed by atoms with Crippen LogP contribution in [-0.4, -0.2) is 94.0 Å². The van der Waals surface area contributed by atoms with Gasteiger partial charge >= 0.3 is 13.5 Å². The molecule has 0 aliphatic carbocycles. The Labute approximate surface area is 258 Å². The largest absolute Gasteiger partial charge is 0.387 e. The molecule has 10 atom stereocenters. The second-order valence-corrected chi connectivity index (χ2v) is 15.9. The van der Waals surface area contributed by atoms with E-state index < -0.39 is 75.8 Å². The van der Waals surface area contributed by atoms with E-state index in [4.69, 9.17) is 50.8 Å². The van der Waals surface area contributed by atoms with E-state index in [1.54, 1.807) is 24.5 Å². The minimum absolute atomic E-state index is 0.214. The van der Waals surface area contributed by atoms with Crippen molar-refractivity contribution in [2.75, 3.05) is 24.7 Å². The summed E-state index contributed by atoms with van der Waals surface area (Å²) in [7, 11) is 0. The van der Waals surface area contributed by atoms with Gasteiger partial charge in [0.05, 0.1) is 24.0 Å². The van der Waals surface area contributed by atoms with Crippen LogP contribution >= 0.6 is 25.8 Å². The summed E-state index contributed by atoms with van der Waals surface area (Å²) in [5.41, 5.74) is 12.6. The maximum atomic E-state index is 13.4. The van der Waals surface area contributed by atoms with Crippen molar-refractivity contribution in [1.29, 1.82) is 0 Å². The van der Waals surface area contributed by atoms with Gasteiger partial charge in [-0.25, -0.2) is 24.5 Å². The van der Waals surface area contributed by atoms with Gasteiger partial charge in [-0.05, 0) is 23.9 Å². The van der Waals surface area contributed by atoms with Crippen molar-refractivity contribution in [1.82, 2.24) is 29.1 Å². The van der Waals surface area contributed by atoms with Crippen LogP contribution in [0.2, 0.25) is 0 Å². The fraction of sp³-hybridized carbons (Fsp3) is 0.455. The normalized spacial score (nSPS) is 38.3. The summed E-state index contributed by atoms with van der Waals surface area (Å²) in [6.45, 7) is -9.35. The number of nitrogen functional groups attached to an aromatic ring is 2. The molecule has 4 aromatic heterocycles. The van der Waals surface area contributed by atoms with Crippen molar-refractivity contribution in [3.8, 4) is 0 Å². The van der Waals surface area contributed by atoms with Crippen LogP contribution in [0.25, 0.3) is 22.1 Å². The number of aliphatic hydroxyl groups excluding tert-OH is 2. The van der Waals surface area contributed by atoms with Crippen molar-refractivity contribution in [2.45, 2.75) is 49.1 Å². The van der Waals surface area contributed by atoms with Crippen LogP contribution < -0.4 is 11.5 Å². The molecule has 236 valence electrons. The van der Waals surface area contributed by atoms with Crippen LogP contribution in [0.3, 0.4) is 0 Å². The minimum Gasteiger partial charge on any atom is -0.387 e. The van der Waals surface area contributed by atoms with E-state index in [0.717, 1.165) is 0 Å². The van der Waals surface area contributed by atoms with Crippen LogP contribution in [0.4, 0.5) is 11.6 Å². The molecule has 7 heterocycles. The molecular weight excluding hydrogens is 662 g/mol. The summed E-state index contributed by atoms with van der Waals surface area (Å²) in [4.78, 5) is 27.5. The minimum atomic E-state index is -4.25. The fourth-order valence-corrected chi connectivity index (χ4v) is 8.41. The molecule has 3 aliphatic rings. The first-order chi connectivity index (χ1) is 20.9. The highest BCUT2D eigenvalue weighted by atomic mass is 32.7. The Hall–Kier alpha value is -2.29. The molecule has 3 aliphatic heterocycles. The van der Waals surface area contributed by atoms with Gasteiger partial charge < -0.3 is 49.7 Å². The Morgan fingerprint density at radius 3 is 2.05 bits per heavy atom. The van der Waals surface area contributed by atoms with Crippen LogP contribution in [0, 0.1) is 0 Å². The number of aliphatic hydroxyl groups is 2. The Balaban J connectivity index is 1.20. The van der Waals surface area contributed by atoms with Crippen molar-refractivity contribution in [2.24, 2.45) is 0 Å². The van der Waals surface area contributed by atoms with Gasteiger partial charge in [-0.1, -0.05) is 12.2 Å². The number of anilines is 2. The van der Waals surface area contributed by atoms with E-state index in [2.05, 4.69) is 32.2 Å². The zero-order valence-electron chi connectivity index (χ0n) is 22.3. The number of aromatic nitrogens is 6. The summed E-state index contributed by atoms with van der Waals surface area (Å²) in [5, 5.41) is 23.5. The number of fused-ring (bicyclic) bond motifs is 5. The predicted molar refractivity (Wildman–Crippen MR) is 158 cm³/mol. The first-order valence-electron chi connectivity index (χ1n) is 13.0. The Morgan fingerprint density at radius 1 is 0.841 bits per heavy atom. The zero-order valence-corrected chi connectivity index (χ0v) is 25.8. The number of ether oxygens (including phenoxy) is 2. The number of hydrogen-bond acceptors (Lipinski definition) is 16. The van der Waals surface area contributed by atoms with E-state index in [1.165, 1.54) is 21.8 Å². The molecule has 7 rings (SSSR count). The third-order valence-corrected chi connectivity index (χ3v) is 10.7. The number of rotatable bonds is 2. The second kappa shape index (κ2) is 11.2. The Kier molecular flexibility index (Phi) is 7.73. The lowest BCUT2D eigenvalue weighted by Gasteiger charge is -2.27. The molecule has 0 amide bonds. The van der Waals surface area contributed by atoms with Gasteiger partial charge in [-0.2, -0.15) is 0 Å². The summed E-state index contributed by atoms with van der Waals surface area (Å²) in [5.74, 6) is 0.432. The number of nitrogens with two attached hydrogens (primary N) is 2. The highest BCUT2D eigenvalue weighted by Crippen LogP contribution is 2.58. The van der Waals surface area contributed by atoms with Crippen molar-refractivity contribution in [3.63, 3.8) is 0 Å². The summed E-state index contributed by atoms with van der Waals surface area (Å²) in [6.07, 6.45) is -4.42. The van der Waals surface area contributed by atoms with Gasteiger partial charge in [0.1, 0.15) is 72.2 Å². The molecule has 0 spiro atoms. The third-order valence-electron chi connectivity index (χ3n) is 7.56. The molecule has 0 aromatic carbocycles. The average molecular weight is 689 g/mol. The monoisotopic (exact) mass is 688 g/mol. The quantitative estimate of drug-likeness (QED) is 0.125. The average Bonchev–Trinajstić information content (AvgIpc) is 3.73. The van der Waals surface area contributed by atoms with Gasteiger partial charge in [0.25, 0.3) is 0 Å². The molecule has 0 saturated carbocycles. The molecule has 7 N–H and O–H groups in total. The van der Waals surface area contributed by atoms with E-state index >= 15 is 0 Å². The molecule has 3 saturated heterocycles. The van der Waals surface area contributed by atoms with Crippen LogP contribution in [-0.2, 0) is 43.9 Å². The summed E-state index contributed by atoms with van der Waals surface area (Å²) < 4.78 is 51.2. The SMILES string of the molecule is Nc1ncnc2c1ccn2[C@@H]1O[C@@H]2COP(O)(=S)O[C@@H]3[C@H](O)[C@@H](COP(=O)(S)O[C@H]2[C@H]1O)O[C@H]3n1ccc2c(N)ncnc21. The number of thiol groups is 1. The molecule has 2 unspecified atom stereocenters. The number of hydrogen-bond donors (Lipinski definition) is 6. The first-order valence-corrected chi connectivity index (χ1v) is 18.3. The molecule has 44 heavy (non-hydrogen) atoms. The topological polar surface area (TPSA) is 247 Å². The third kappa shape index (κ3) is 5.32. The maximum absolute atomic E-state index is 13.4. The zero-order chi connectivity index (χ0) is 31.0. The van der Waals surface area contributed by atoms with Crippen molar-refractivity contribution >= 4 is 71.3 Å². The summed E-state index contributed by atoms with van der Waals surface area (Å²) in [6, 6.07) is 3.29. The lowest BCUT2D eigenvalue weighted by atomic mass is 10.1. The molecule has 22 heteroatoms. The molecular formula is C22H26N8O10P2S2. The maximum Gasteiger partial charge on any atom is 0.386 e. The van der Waals surface area contributed by atoms with Gasteiger partial charge in [0.2, 0.25) is 0 Å². The molecule has 3 fully saturated rings. The first kappa shape index (κ1) is 30.4. The van der Waals surface area contributed by atoms with Gasteiger partial charge in [0, 0.05) is 12.4 Å². The number of nitrogens with zero attached hydrogens (tertiary/aromatic N) is 6. The van der Waals surface area contributed by atoms with E-state index in [-0.39, 0.29) is 11.6 Å². The summed E-state index contributed by atoms with van der Waals surface area (Å²) >= 11 is 9.39.